The Labute approximate surface area is 210 Å². The molecule has 5 rings (SSSR count). The first-order chi connectivity index (χ1) is 17.2. The van der Waals surface area contributed by atoms with Gasteiger partial charge in [-0.3, -0.25) is 14.5 Å². The zero-order valence-electron chi connectivity index (χ0n) is 20.0. The Kier molecular flexibility index (Phi) is 7.59. The van der Waals surface area contributed by atoms with E-state index in [-0.39, 0.29) is 24.3 Å². The Bertz CT molecular complexity index is 1110. The zero-order chi connectivity index (χ0) is 24.0. The molecule has 2 aliphatic heterocycles. The van der Waals surface area contributed by atoms with Gasteiger partial charge in [-0.1, -0.05) is 53.8 Å². The summed E-state index contributed by atoms with van der Waals surface area (Å²) in [7, 11) is 0. The summed E-state index contributed by atoms with van der Waals surface area (Å²) in [6, 6.07) is 18.0. The van der Waals surface area contributed by atoms with Crippen LogP contribution in [0.15, 0.2) is 54.6 Å². The fraction of sp³-hybridized carbons (Fsp3) is 0.444. The standard InChI is InChI=1S/C27H32N4O3S/c32-25(34-20-21-7-2-1-3-8-21)19-29-13-6-14-30(18-17-29)26(33)22-11-15-31(16-12-22)27-28-23-9-4-5-10-24(23)35-27/h1-5,7-10,22H,6,11-20H2. The van der Waals surface area contributed by atoms with Crippen LogP contribution in [0, 0.1) is 5.92 Å². The van der Waals surface area contributed by atoms with Gasteiger partial charge in [0.05, 0.1) is 16.8 Å². The molecule has 2 aliphatic rings. The van der Waals surface area contributed by atoms with Crippen molar-refractivity contribution in [1.82, 2.24) is 14.8 Å². The predicted molar refractivity (Wildman–Crippen MR) is 138 cm³/mol. The first-order valence-electron chi connectivity index (χ1n) is 12.5. The summed E-state index contributed by atoms with van der Waals surface area (Å²) in [6.07, 6.45) is 2.60. The SMILES string of the molecule is O=C(CN1CCCN(C(=O)C2CCN(c3nc4ccccc4s3)CC2)CC1)OCc1ccccc1. The molecule has 3 heterocycles. The smallest absolute Gasteiger partial charge is 0.320 e. The number of esters is 1. The third-order valence-electron chi connectivity index (χ3n) is 6.89. The van der Waals surface area contributed by atoms with Crippen molar-refractivity contribution in [1.29, 1.82) is 0 Å². The minimum absolute atomic E-state index is 0.0722. The molecule has 3 aromatic rings. The maximum Gasteiger partial charge on any atom is 0.320 e. The number of fused-ring (bicyclic) bond motifs is 1. The number of rotatable bonds is 6. The van der Waals surface area contributed by atoms with Crippen LogP contribution in [0.25, 0.3) is 10.2 Å². The second-order valence-electron chi connectivity index (χ2n) is 9.33. The highest BCUT2D eigenvalue weighted by Gasteiger charge is 2.30. The summed E-state index contributed by atoms with van der Waals surface area (Å²) in [5.41, 5.74) is 2.03. The van der Waals surface area contributed by atoms with Crippen LogP contribution in [0.3, 0.4) is 0 Å². The van der Waals surface area contributed by atoms with Crippen LogP contribution >= 0.6 is 11.3 Å². The molecule has 0 unspecified atom stereocenters. The largest absolute Gasteiger partial charge is 0.460 e. The Morgan fingerprint density at radius 1 is 0.914 bits per heavy atom. The number of thiazole rings is 1. The highest BCUT2D eigenvalue weighted by molar-refractivity contribution is 7.22. The van der Waals surface area contributed by atoms with Gasteiger partial charge in [-0.25, -0.2) is 4.98 Å². The highest BCUT2D eigenvalue weighted by atomic mass is 32.1. The Morgan fingerprint density at radius 2 is 1.69 bits per heavy atom. The fourth-order valence-corrected chi connectivity index (χ4v) is 5.90. The lowest BCUT2D eigenvalue weighted by Crippen LogP contribution is -2.44. The van der Waals surface area contributed by atoms with E-state index in [9.17, 15) is 9.59 Å². The molecule has 0 spiro atoms. The van der Waals surface area contributed by atoms with Gasteiger partial charge >= 0.3 is 5.97 Å². The Hall–Kier alpha value is -2.97. The average molecular weight is 493 g/mol. The number of para-hydroxylation sites is 1. The van der Waals surface area contributed by atoms with Gasteiger partial charge in [0.25, 0.3) is 0 Å². The van der Waals surface area contributed by atoms with Gasteiger partial charge in [0.15, 0.2) is 5.13 Å². The average Bonchev–Trinajstić information content (AvgIpc) is 3.20. The van der Waals surface area contributed by atoms with Crippen molar-refractivity contribution < 1.29 is 14.3 Å². The van der Waals surface area contributed by atoms with Crippen molar-refractivity contribution in [2.75, 3.05) is 50.7 Å². The molecule has 0 bridgehead atoms. The van der Waals surface area contributed by atoms with Crippen LogP contribution in [-0.4, -0.2) is 72.5 Å². The molecule has 0 saturated carbocycles. The van der Waals surface area contributed by atoms with E-state index in [2.05, 4.69) is 21.9 Å². The van der Waals surface area contributed by atoms with Gasteiger partial charge in [0.2, 0.25) is 5.91 Å². The van der Waals surface area contributed by atoms with Crippen molar-refractivity contribution in [3.8, 4) is 0 Å². The number of carbonyl (C=O) groups is 2. The number of benzene rings is 2. The minimum atomic E-state index is -0.212. The molecule has 35 heavy (non-hydrogen) atoms. The highest BCUT2D eigenvalue weighted by Crippen LogP contribution is 2.31. The van der Waals surface area contributed by atoms with Crippen molar-refractivity contribution >= 4 is 38.6 Å². The number of hydrogen-bond donors (Lipinski definition) is 0. The summed E-state index contributed by atoms with van der Waals surface area (Å²) in [6.45, 7) is 5.24. The molecule has 8 heteroatoms. The van der Waals surface area contributed by atoms with Gasteiger partial charge in [-0.15, -0.1) is 0 Å². The third-order valence-corrected chi connectivity index (χ3v) is 7.99. The van der Waals surface area contributed by atoms with E-state index in [4.69, 9.17) is 9.72 Å². The van der Waals surface area contributed by atoms with Crippen LogP contribution in [0.2, 0.25) is 0 Å². The molecule has 2 saturated heterocycles. The van der Waals surface area contributed by atoms with Gasteiger partial charge in [0.1, 0.15) is 6.61 Å². The third kappa shape index (κ3) is 6.00. The van der Waals surface area contributed by atoms with E-state index >= 15 is 0 Å². The minimum Gasteiger partial charge on any atom is -0.460 e. The predicted octanol–water partition coefficient (Wildman–Crippen LogP) is 3.79. The molecule has 0 N–H and O–H groups in total. The molecular formula is C27H32N4O3S. The fourth-order valence-electron chi connectivity index (χ4n) is 4.89. The van der Waals surface area contributed by atoms with Crippen LogP contribution in [0.4, 0.5) is 5.13 Å². The van der Waals surface area contributed by atoms with Crippen LogP contribution in [0.1, 0.15) is 24.8 Å². The van der Waals surface area contributed by atoms with E-state index in [1.807, 2.05) is 47.4 Å². The summed E-state index contributed by atoms with van der Waals surface area (Å²) in [5, 5.41) is 1.06. The summed E-state index contributed by atoms with van der Waals surface area (Å²) in [5.74, 6) is 0.126. The molecule has 0 aliphatic carbocycles. The number of carbonyl (C=O) groups excluding carboxylic acids is 2. The summed E-state index contributed by atoms with van der Waals surface area (Å²) >= 11 is 1.73. The first-order valence-corrected chi connectivity index (χ1v) is 13.3. The molecule has 1 aromatic heterocycles. The van der Waals surface area contributed by atoms with Gasteiger partial charge in [-0.05, 0) is 37.0 Å². The van der Waals surface area contributed by atoms with E-state index < -0.39 is 0 Å². The number of nitrogens with zero attached hydrogens (tertiary/aromatic N) is 4. The topological polar surface area (TPSA) is 66.0 Å². The van der Waals surface area contributed by atoms with Gasteiger partial charge in [-0.2, -0.15) is 0 Å². The van der Waals surface area contributed by atoms with E-state index in [1.54, 1.807) is 11.3 Å². The lowest BCUT2D eigenvalue weighted by Gasteiger charge is -2.33. The first kappa shape index (κ1) is 23.8. The maximum atomic E-state index is 13.3. The number of amides is 1. The molecule has 7 nitrogen and oxygen atoms in total. The normalized spacial score (nSPS) is 17.9. The Balaban J connectivity index is 1.07. The van der Waals surface area contributed by atoms with Crippen molar-refractivity contribution in [2.24, 2.45) is 5.92 Å². The van der Waals surface area contributed by atoms with Crippen molar-refractivity contribution in [3.05, 3.63) is 60.2 Å². The second-order valence-corrected chi connectivity index (χ2v) is 10.3. The number of ether oxygens (including phenoxy) is 1. The number of hydrogen-bond acceptors (Lipinski definition) is 7. The molecule has 2 aromatic carbocycles. The van der Waals surface area contributed by atoms with Crippen molar-refractivity contribution in [3.63, 3.8) is 0 Å². The van der Waals surface area contributed by atoms with E-state index in [0.29, 0.717) is 19.7 Å². The van der Waals surface area contributed by atoms with Gasteiger partial charge < -0.3 is 14.5 Å². The number of anilines is 1. The molecule has 184 valence electrons. The summed E-state index contributed by atoms with van der Waals surface area (Å²) in [4.78, 5) is 36.8. The van der Waals surface area contributed by atoms with Crippen molar-refractivity contribution in [2.45, 2.75) is 25.9 Å². The zero-order valence-corrected chi connectivity index (χ0v) is 20.8. The van der Waals surface area contributed by atoms with Gasteiger partial charge in [0, 0.05) is 45.2 Å². The molecular weight excluding hydrogens is 460 g/mol. The molecule has 2 fully saturated rings. The maximum absolute atomic E-state index is 13.3. The lowest BCUT2D eigenvalue weighted by molar-refractivity contribution is -0.146. The van der Waals surface area contributed by atoms with Crippen LogP contribution in [-0.2, 0) is 20.9 Å². The van der Waals surface area contributed by atoms with E-state index in [0.717, 1.165) is 61.7 Å². The molecule has 1 amide bonds. The molecule has 0 radical (unpaired) electrons. The number of piperidine rings is 1. The number of aromatic nitrogens is 1. The van der Waals surface area contributed by atoms with E-state index in [1.165, 1.54) is 4.70 Å². The Morgan fingerprint density at radius 3 is 2.49 bits per heavy atom. The second kappa shape index (κ2) is 11.2. The molecule has 0 atom stereocenters. The van der Waals surface area contributed by atoms with Crippen LogP contribution in [0.5, 0.6) is 0 Å². The quantitative estimate of drug-likeness (QED) is 0.488. The lowest BCUT2D eigenvalue weighted by atomic mass is 9.95. The monoisotopic (exact) mass is 492 g/mol. The summed E-state index contributed by atoms with van der Waals surface area (Å²) < 4.78 is 6.64. The van der Waals surface area contributed by atoms with Crippen LogP contribution < -0.4 is 4.90 Å².